The number of methoxy groups -OCH3 is 1. The molecular weight excluding hydrogens is 545 g/mol. The first-order valence-electron chi connectivity index (χ1n) is 13.7. The standard InChI is InChI=1S/C31H36FN3O5S/c1-40-21-5-20-33-31(37)30(25-6-3-2-4-7-25)35(22-24-8-13-26(32)14-9-24)29(36)19-12-23-10-17-28(18-11-23)41(38,39)34-27-15-16-27/h2-4,6-11,13-14,17-18,27,30,34H,5,12,15-16,19-22H2,1H3,(H,33,37)/t30-/m1/s1. The smallest absolute Gasteiger partial charge is 0.247 e. The average Bonchev–Trinajstić information content (AvgIpc) is 3.79. The monoisotopic (exact) mass is 581 g/mol. The van der Waals surface area contributed by atoms with Crippen LogP contribution in [0.4, 0.5) is 4.39 Å². The van der Waals surface area contributed by atoms with Gasteiger partial charge < -0.3 is 15.0 Å². The quantitative estimate of drug-likeness (QED) is 0.263. The lowest BCUT2D eigenvalue weighted by Crippen LogP contribution is -2.43. The summed E-state index contributed by atoms with van der Waals surface area (Å²) < 4.78 is 46.3. The minimum Gasteiger partial charge on any atom is -0.385 e. The Morgan fingerprint density at radius 2 is 1.63 bits per heavy atom. The number of benzene rings is 3. The highest BCUT2D eigenvalue weighted by molar-refractivity contribution is 7.89. The molecule has 8 nitrogen and oxygen atoms in total. The molecule has 1 atom stereocenters. The summed E-state index contributed by atoms with van der Waals surface area (Å²) in [5, 5.41) is 2.92. The van der Waals surface area contributed by atoms with Gasteiger partial charge in [0.25, 0.3) is 0 Å². The van der Waals surface area contributed by atoms with Crippen molar-refractivity contribution in [1.82, 2.24) is 14.9 Å². The first-order valence-corrected chi connectivity index (χ1v) is 15.2. The molecule has 0 saturated heterocycles. The highest BCUT2D eigenvalue weighted by Crippen LogP contribution is 2.26. The molecule has 3 aromatic rings. The van der Waals surface area contributed by atoms with Crippen molar-refractivity contribution < 1.29 is 27.1 Å². The first-order chi connectivity index (χ1) is 19.8. The van der Waals surface area contributed by atoms with Gasteiger partial charge in [0.05, 0.1) is 4.90 Å². The SMILES string of the molecule is COCCCNC(=O)[C@@H](c1ccccc1)N(Cc1ccc(F)cc1)C(=O)CCc1ccc(S(=O)(=O)NC2CC2)cc1. The fourth-order valence-electron chi connectivity index (χ4n) is 4.46. The summed E-state index contributed by atoms with van der Waals surface area (Å²) in [4.78, 5) is 29.0. The number of hydrogen-bond acceptors (Lipinski definition) is 5. The van der Waals surface area contributed by atoms with Gasteiger partial charge in [-0.15, -0.1) is 0 Å². The van der Waals surface area contributed by atoms with Crippen LogP contribution in [0.15, 0.2) is 83.8 Å². The third-order valence-electron chi connectivity index (χ3n) is 6.85. The molecule has 2 amide bonds. The van der Waals surface area contributed by atoms with Gasteiger partial charge in [-0.05, 0) is 66.6 Å². The van der Waals surface area contributed by atoms with E-state index in [1.165, 1.54) is 17.0 Å². The lowest BCUT2D eigenvalue weighted by molar-refractivity contribution is -0.141. The zero-order valence-corrected chi connectivity index (χ0v) is 23.9. The van der Waals surface area contributed by atoms with E-state index in [4.69, 9.17) is 4.74 Å². The number of nitrogens with zero attached hydrogens (tertiary/aromatic N) is 1. The van der Waals surface area contributed by atoms with Crippen LogP contribution in [0, 0.1) is 5.82 Å². The van der Waals surface area contributed by atoms with Gasteiger partial charge in [0.1, 0.15) is 11.9 Å². The molecule has 1 fully saturated rings. The normalized spacial score (nSPS) is 13.9. The zero-order chi connectivity index (χ0) is 29.2. The Bertz CT molecular complexity index is 1400. The number of carbonyl (C=O) groups is 2. The molecule has 1 aliphatic carbocycles. The molecule has 0 aromatic heterocycles. The van der Waals surface area contributed by atoms with E-state index in [9.17, 15) is 22.4 Å². The van der Waals surface area contributed by atoms with Crippen LogP contribution < -0.4 is 10.0 Å². The summed E-state index contributed by atoms with van der Waals surface area (Å²) in [7, 11) is -1.97. The van der Waals surface area contributed by atoms with E-state index in [1.54, 1.807) is 55.6 Å². The lowest BCUT2D eigenvalue weighted by atomic mass is 10.0. The highest BCUT2D eigenvalue weighted by atomic mass is 32.2. The van der Waals surface area contributed by atoms with Crippen LogP contribution in [0.5, 0.6) is 0 Å². The Morgan fingerprint density at radius 1 is 0.976 bits per heavy atom. The van der Waals surface area contributed by atoms with Crippen molar-refractivity contribution in [2.45, 2.75) is 55.6 Å². The van der Waals surface area contributed by atoms with Crippen LogP contribution in [0.1, 0.15) is 48.4 Å². The molecule has 0 aliphatic heterocycles. The fraction of sp³-hybridized carbons (Fsp3) is 0.355. The van der Waals surface area contributed by atoms with Crippen LogP contribution >= 0.6 is 0 Å². The van der Waals surface area contributed by atoms with Gasteiger partial charge >= 0.3 is 0 Å². The summed E-state index contributed by atoms with van der Waals surface area (Å²) in [6.45, 7) is 0.985. The third kappa shape index (κ3) is 8.94. The molecule has 0 heterocycles. The number of ether oxygens (including phenoxy) is 1. The van der Waals surface area contributed by atoms with Gasteiger partial charge in [-0.2, -0.15) is 0 Å². The summed E-state index contributed by atoms with van der Waals surface area (Å²) >= 11 is 0. The molecule has 1 saturated carbocycles. The van der Waals surface area contributed by atoms with Crippen LogP contribution in [0.25, 0.3) is 0 Å². The predicted molar refractivity (Wildman–Crippen MR) is 154 cm³/mol. The van der Waals surface area contributed by atoms with E-state index < -0.39 is 16.1 Å². The van der Waals surface area contributed by atoms with E-state index in [-0.39, 0.29) is 41.5 Å². The Morgan fingerprint density at radius 3 is 2.27 bits per heavy atom. The van der Waals surface area contributed by atoms with E-state index in [0.717, 1.165) is 18.4 Å². The number of nitrogens with one attached hydrogen (secondary N) is 2. The van der Waals surface area contributed by atoms with Gasteiger partial charge in [0.15, 0.2) is 0 Å². The molecule has 0 spiro atoms. The second kappa shape index (κ2) is 14.3. The second-order valence-electron chi connectivity index (χ2n) is 10.1. The molecule has 1 aliphatic rings. The Balaban J connectivity index is 1.54. The molecule has 4 rings (SSSR count). The predicted octanol–water partition coefficient (Wildman–Crippen LogP) is 4.12. The molecular formula is C31H36FN3O5S. The van der Waals surface area contributed by atoms with E-state index in [1.807, 2.05) is 18.2 Å². The number of sulfonamides is 1. The average molecular weight is 582 g/mol. The first kappa shape index (κ1) is 30.4. The van der Waals surface area contributed by atoms with Crippen molar-refractivity contribution in [3.8, 4) is 0 Å². The maximum atomic E-state index is 13.8. The summed E-state index contributed by atoms with van der Waals surface area (Å²) in [6, 6.07) is 20.5. The van der Waals surface area contributed by atoms with E-state index >= 15 is 0 Å². The summed E-state index contributed by atoms with van der Waals surface area (Å²) in [5.41, 5.74) is 2.14. The minimum absolute atomic E-state index is 0.0131. The molecule has 10 heteroatoms. The van der Waals surface area contributed by atoms with Gasteiger partial charge in [-0.1, -0.05) is 54.6 Å². The van der Waals surface area contributed by atoms with Crippen LogP contribution in [0.2, 0.25) is 0 Å². The Hall–Kier alpha value is -3.60. The van der Waals surface area contributed by atoms with Crippen molar-refractivity contribution >= 4 is 21.8 Å². The number of rotatable bonds is 15. The van der Waals surface area contributed by atoms with E-state index in [2.05, 4.69) is 10.0 Å². The van der Waals surface area contributed by atoms with E-state index in [0.29, 0.717) is 37.1 Å². The van der Waals surface area contributed by atoms with Crippen molar-refractivity contribution in [3.63, 3.8) is 0 Å². The highest BCUT2D eigenvalue weighted by Gasteiger charge is 2.31. The van der Waals surface area contributed by atoms with Crippen molar-refractivity contribution in [2.75, 3.05) is 20.3 Å². The Labute approximate surface area is 241 Å². The van der Waals surface area contributed by atoms with Gasteiger partial charge in [0.2, 0.25) is 21.8 Å². The molecule has 0 unspecified atom stereocenters. The van der Waals surface area contributed by atoms with Crippen molar-refractivity contribution in [1.29, 1.82) is 0 Å². The van der Waals surface area contributed by atoms with Crippen molar-refractivity contribution in [2.24, 2.45) is 0 Å². The molecule has 0 radical (unpaired) electrons. The number of aryl methyl sites for hydroxylation is 1. The van der Waals surface area contributed by atoms with Gasteiger partial charge in [-0.25, -0.2) is 17.5 Å². The maximum absolute atomic E-state index is 13.8. The molecule has 3 aromatic carbocycles. The van der Waals surface area contributed by atoms with Crippen LogP contribution in [-0.2, 0) is 37.3 Å². The Kier molecular flexibility index (Phi) is 10.6. The van der Waals surface area contributed by atoms with Crippen molar-refractivity contribution in [3.05, 3.63) is 101 Å². The molecule has 0 bridgehead atoms. The lowest BCUT2D eigenvalue weighted by Gasteiger charge is -2.32. The van der Waals surface area contributed by atoms with Gasteiger partial charge in [-0.3, -0.25) is 9.59 Å². The van der Waals surface area contributed by atoms with Gasteiger partial charge in [0, 0.05) is 39.3 Å². The number of carbonyl (C=O) groups excluding carboxylic acids is 2. The van der Waals surface area contributed by atoms with Crippen LogP contribution in [0.3, 0.4) is 0 Å². The molecule has 218 valence electrons. The third-order valence-corrected chi connectivity index (χ3v) is 8.38. The number of hydrogen-bond donors (Lipinski definition) is 2. The molecule has 2 N–H and O–H groups in total. The molecule has 41 heavy (non-hydrogen) atoms. The minimum atomic E-state index is -3.56. The summed E-state index contributed by atoms with van der Waals surface area (Å²) in [5.74, 6) is -0.970. The maximum Gasteiger partial charge on any atom is 0.247 e. The largest absolute Gasteiger partial charge is 0.385 e. The number of halogens is 1. The topological polar surface area (TPSA) is 105 Å². The summed E-state index contributed by atoms with van der Waals surface area (Å²) in [6.07, 6.45) is 2.77. The number of amides is 2. The zero-order valence-electron chi connectivity index (χ0n) is 23.1. The fourth-order valence-corrected chi connectivity index (χ4v) is 5.77. The van der Waals surface area contributed by atoms with Crippen LogP contribution in [-0.4, -0.2) is 51.4 Å². The second-order valence-corrected chi connectivity index (χ2v) is 11.9.